The number of amides is 1. The Balaban J connectivity index is 2.04. The van der Waals surface area contributed by atoms with E-state index < -0.39 is 0 Å². The first-order chi connectivity index (χ1) is 8.45. The second-order valence-corrected chi connectivity index (χ2v) is 5.42. The normalized spacial score (nSPS) is 25.1. The Morgan fingerprint density at radius 3 is 2.78 bits per heavy atom. The molecular weight excluding hydrogens is 228 g/mol. The summed E-state index contributed by atoms with van der Waals surface area (Å²) in [6.07, 6.45) is 0.836. The Morgan fingerprint density at radius 2 is 2.22 bits per heavy atom. The molecule has 1 aliphatic carbocycles. The number of nitrogens with two attached hydrogens (primary N) is 1. The van der Waals surface area contributed by atoms with Crippen LogP contribution in [0.5, 0.6) is 5.75 Å². The van der Waals surface area contributed by atoms with Crippen LogP contribution in [0.15, 0.2) is 24.3 Å². The van der Waals surface area contributed by atoms with E-state index in [1.54, 1.807) is 19.2 Å². The van der Waals surface area contributed by atoms with E-state index in [0.29, 0.717) is 11.3 Å². The van der Waals surface area contributed by atoms with Gasteiger partial charge in [0.25, 0.3) is 5.91 Å². The third kappa shape index (κ3) is 2.20. The SMILES string of the molecule is COc1cccc(C(=O)NC2CC(N)C2(C)C)c1. The van der Waals surface area contributed by atoms with E-state index in [4.69, 9.17) is 10.5 Å². The van der Waals surface area contributed by atoms with Crippen LogP contribution in [0.2, 0.25) is 0 Å². The van der Waals surface area contributed by atoms with E-state index in [9.17, 15) is 4.79 Å². The van der Waals surface area contributed by atoms with Gasteiger partial charge in [-0.1, -0.05) is 19.9 Å². The van der Waals surface area contributed by atoms with Gasteiger partial charge in [-0.2, -0.15) is 0 Å². The molecule has 1 fully saturated rings. The Hall–Kier alpha value is -1.55. The van der Waals surface area contributed by atoms with Gasteiger partial charge in [-0.25, -0.2) is 0 Å². The number of hydrogen-bond acceptors (Lipinski definition) is 3. The van der Waals surface area contributed by atoms with Crippen LogP contribution in [0, 0.1) is 5.41 Å². The molecule has 0 radical (unpaired) electrons. The highest BCUT2D eigenvalue weighted by molar-refractivity contribution is 5.94. The molecule has 1 aliphatic rings. The van der Waals surface area contributed by atoms with Gasteiger partial charge in [-0.3, -0.25) is 4.79 Å². The van der Waals surface area contributed by atoms with Crippen LogP contribution >= 0.6 is 0 Å². The smallest absolute Gasteiger partial charge is 0.251 e. The van der Waals surface area contributed by atoms with Crippen molar-refractivity contribution in [2.75, 3.05) is 7.11 Å². The van der Waals surface area contributed by atoms with Gasteiger partial charge < -0.3 is 15.8 Å². The van der Waals surface area contributed by atoms with Crippen molar-refractivity contribution < 1.29 is 9.53 Å². The van der Waals surface area contributed by atoms with Crippen molar-refractivity contribution in [3.05, 3.63) is 29.8 Å². The molecule has 1 aromatic rings. The van der Waals surface area contributed by atoms with Crippen molar-refractivity contribution in [3.8, 4) is 5.75 Å². The zero-order valence-electron chi connectivity index (χ0n) is 11.1. The molecule has 4 nitrogen and oxygen atoms in total. The molecule has 18 heavy (non-hydrogen) atoms. The molecule has 1 amide bonds. The van der Waals surface area contributed by atoms with Crippen LogP contribution in [-0.2, 0) is 0 Å². The third-order valence-electron chi connectivity index (χ3n) is 3.98. The highest BCUT2D eigenvalue weighted by atomic mass is 16.5. The lowest BCUT2D eigenvalue weighted by atomic mass is 9.63. The Morgan fingerprint density at radius 1 is 1.50 bits per heavy atom. The van der Waals surface area contributed by atoms with E-state index in [1.165, 1.54) is 0 Å². The average molecular weight is 248 g/mol. The molecule has 2 rings (SSSR count). The molecule has 0 aromatic heterocycles. The minimum absolute atomic E-state index is 0.0332. The molecule has 0 spiro atoms. The maximum atomic E-state index is 12.1. The van der Waals surface area contributed by atoms with E-state index in [2.05, 4.69) is 19.2 Å². The van der Waals surface area contributed by atoms with Gasteiger partial charge in [0.1, 0.15) is 5.75 Å². The third-order valence-corrected chi connectivity index (χ3v) is 3.98. The van der Waals surface area contributed by atoms with Crippen LogP contribution in [0.25, 0.3) is 0 Å². The minimum Gasteiger partial charge on any atom is -0.497 e. The maximum absolute atomic E-state index is 12.1. The van der Waals surface area contributed by atoms with Crippen molar-refractivity contribution >= 4 is 5.91 Å². The number of hydrogen-bond donors (Lipinski definition) is 2. The Labute approximate surface area is 108 Å². The summed E-state index contributed by atoms with van der Waals surface area (Å²) < 4.78 is 5.11. The lowest BCUT2D eigenvalue weighted by molar-refractivity contribution is 0.0586. The first kappa shape index (κ1) is 12.9. The van der Waals surface area contributed by atoms with Crippen LogP contribution in [0.4, 0.5) is 0 Å². The van der Waals surface area contributed by atoms with E-state index >= 15 is 0 Å². The average Bonchev–Trinajstić information content (AvgIpc) is 2.38. The molecule has 4 heteroatoms. The monoisotopic (exact) mass is 248 g/mol. The molecule has 98 valence electrons. The summed E-state index contributed by atoms with van der Waals surface area (Å²) in [6.45, 7) is 4.16. The van der Waals surface area contributed by atoms with Gasteiger partial charge in [-0.15, -0.1) is 0 Å². The fraction of sp³-hybridized carbons (Fsp3) is 0.500. The number of nitrogens with one attached hydrogen (secondary N) is 1. The highest BCUT2D eigenvalue weighted by Crippen LogP contribution is 2.39. The molecule has 2 atom stereocenters. The highest BCUT2D eigenvalue weighted by Gasteiger charge is 2.46. The van der Waals surface area contributed by atoms with Gasteiger partial charge in [0.05, 0.1) is 7.11 Å². The van der Waals surface area contributed by atoms with Gasteiger partial charge in [0, 0.05) is 23.1 Å². The number of carbonyl (C=O) groups is 1. The lowest BCUT2D eigenvalue weighted by Crippen LogP contribution is -2.64. The van der Waals surface area contributed by atoms with Crippen molar-refractivity contribution in [1.82, 2.24) is 5.32 Å². The Bertz CT molecular complexity index is 457. The number of carbonyl (C=O) groups excluding carboxylic acids is 1. The fourth-order valence-electron chi connectivity index (χ4n) is 2.21. The summed E-state index contributed by atoms with van der Waals surface area (Å²) in [5, 5.41) is 3.03. The zero-order chi connectivity index (χ0) is 13.3. The first-order valence-electron chi connectivity index (χ1n) is 6.15. The van der Waals surface area contributed by atoms with Crippen molar-refractivity contribution in [3.63, 3.8) is 0 Å². The number of ether oxygens (including phenoxy) is 1. The molecule has 2 unspecified atom stereocenters. The topological polar surface area (TPSA) is 64.3 Å². The van der Waals surface area contributed by atoms with Gasteiger partial charge >= 0.3 is 0 Å². The Kier molecular flexibility index (Phi) is 3.30. The van der Waals surface area contributed by atoms with E-state index in [0.717, 1.165) is 6.42 Å². The summed E-state index contributed by atoms with van der Waals surface area (Å²) in [4.78, 5) is 12.1. The standard InChI is InChI=1S/C14H20N2O2/c1-14(2)11(15)8-12(14)16-13(17)9-5-4-6-10(7-9)18-3/h4-7,11-12H,8,15H2,1-3H3,(H,16,17). The maximum Gasteiger partial charge on any atom is 0.251 e. The van der Waals surface area contributed by atoms with Crippen LogP contribution in [0.3, 0.4) is 0 Å². The quantitative estimate of drug-likeness (QED) is 0.853. The predicted molar refractivity (Wildman–Crippen MR) is 70.6 cm³/mol. The largest absolute Gasteiger partial charge is 0.497 e. The molecule has 0 saturated heterocycles. The van der Waals surface area contributed by atoms with Crippen LogP contribution in [-0.4, -0.2) is 25.1 Å². The van der Waals surface area contributed by atoms with Crippen molar-refractivity contribution in [2.24, 2.45) is 11.1 Å². The predicted octanol–water partition coefficient (Wildman–Crippen LogP) is 1.55. The second-order valence-electron chi connectivity index (χ2n) is 5.42. The lowest BCUT2D eigenvalue weighted by Gasteiger charge is -2.50. The van der Waals surface area contributed by atoms with E-state index in [-0.39, 0.29) is 23.4 Å². The van der Waals surface area contributed by atoms with Crippen molar-refractivity contribution in [1.29, 1.82) is 0 Å². The minimum atomic E-state index is -0.0705. The molecule has 0 aliphatic heterocycles. The molecule has 0 heterocycles. The summed E-state index contributed by atoms with van der Waals surface area (Å²) in [5.74, 6) is 0.617. The van der Waals surface area contributed by atoms with Gasteiger partial charge in [-0.05, 0) is 24.6 Å². The van der Waals surface area contributed by atoms with Crippen LogP contribution in [0.1, 0.15) is 30.6 Å². The molecule has 0 bridgehead atoms. The fourth-order valence-corrected chi connectivity index (χ4v) is 2.21. The molecule has 1 saturated carbocycles. The van der Waals surface area contributed by atoms with Crippen molar-refractivity contribution in [2.45, 2.75) is 32.4 Å². The van der Waals surface area contributed by atoms with Crippen LogP contribution < -0.4 is 15.8 Å². The summed E-state index contributed by atoms with van der Waals surface area (Å²) in [6, 6.07) is 7.45. The number of rotatable bonds is 3. The zero-order valence-corrected chi connectivity index (χ0v) is 11.1. The molecule has 3 N–H and O–H groups in total. The number of methoxy groups -OCH3 is 1. The van der Waals surface area contributed by atoms with Gasteiger partial charge in [0.15, 0.2) is 0 Å². The number of benzene rings is 1. The first-order valence-corrected chi connectivity index (χ1v) is 6.15. The molecular formula is C14H20N2O2. The molecule has 1 aromatic carbocycles. The summed E-state index contributed by atoms with van der Waals surface area (Å²) >= 11 is 0. The second kappa shape index (κ2) is 4.61. The summed E-state index contributed by atoms with van der Waals surface area (Å²) in [5.41, 5.74) is 6.52. The van der Waals surface area contributed by atoms with Gasteiger partial charge in [0.2, 0.25) is 0 Å². The van der Waals surface area contributed by atoms with E-state index in [1.807, 2.05) is 12.1 Å². The summed E-state index contributed by atoms with van der Waals surface area (Å²) in [7, 11) is 1.59.